The second-order valence-electron chi connectivity index (χ2n) is 15.7. The lowest BCUT2D eigenvalue weighted by Crippen LogP contribution is -2.59. The molecule has 388 valence electrons. The molecule has 2 aromatic carbocycles. The fraction of sp³-hybridized carbons (Fsp3) is 0.409. The first-order valence-electron chi connectivity index (χ1n) is 20.8. The van der Waals surface area contributed by atoms with Crippen LogP contribution in [-0.2, 0) is 55.4 Å². The molecule has 71 heavy (non-hydrogen) atoms. The highest BCUT2D eigenvalue weighted by Crippen LogP contribution is 2.56. The maximum absolute atomic E-state index is 15.8. The monoisotopic (exact) mass is 1060 g/mol. The molecule has 0 saturated carbocycles. The maximum Gasteiger partial charge on any atom is 0.418 e. The van der Waals surface area contributed by atoms with Crippen LogP contribution in [-0.4, -0.2) is 90.7 Å². The number of nitrogens with one attached hydrogen (secondary N) is 1. The summed E-state index contributed by atoms with van der Waals surface area (Å²) in [6, 6.07) is -0.689. The van der Waals surface area contributed by atoms with Crippen molar-refractivity contribution < 1.29 is 97.2 Å². The van der Waals surface area contributed by atoms with E-state index in [0.29, 0.717) is 31.2 Å². The van der Waals surface area contributed by atoms with E-state index in [1.807, 2.05) is 0 Å². The van der Waals surface area contributed by atoms with E-state index in [9.17, 15) is 69.7 Å². The number of nitrogens with zero attached hydrogens (tertiary/aromatic N) is 1. The van der Waals surface area contributed by atoms with Gasteiger partial charge in [0.05, 0.1) is 62.3 Å². The summed E-state index contributed by atoms with van der Waals surface area (Å²) in [6.07, 6.45) is -11.9. The molecule has 0 aromatic heterocycles. The van der Waals surface area contributed by atoms with E-state index >= 15 is 13.2 Å². The number of alkyl halides is 8. The summed E-state index contributed by atoms with van der Waals surface area (Å²) in [5.74, 6) is -20.5. The average Bonchev–Trinajstić information content (AvgIpc) is 3.28. The number of hydrogen-bond donors (Lipinski definition) is 5. The Hall–Kier alpha value is -6.18. The zero-order valence-electron chi connectivity index (χ0n) is 37.0. The Morgan fingerprint density at radius 3 is 1.75 bits per heavy atom. The van der Waals surface area contributed by atoms with Crippen LogP contribution in [0.2, 0.25) is 10.0 Å². The molecular formula is C44H42Cl2F10N4O11. The van der Waals surface area contributed by atoms with E-state index in [4.69, 9.17) is 44.2 Å². The van der Waals surface area contributed by atoms with Gasteiger partial charge in [-0.3, -0.25) is 4.79 Å². The van der Waals surface area contributed by atoms with E-state index in [0.717, 1.165) is 7.11 Å². The third-order valence-corrected chi connectivity index (χ3v) is 12.1. The number of carboxylic acid groups (broad SMARTS) is 2. The summed E-state index contributed by atoms with van der Waals surface area (Å²) in [5, 5.41) is 21.3. The third-order valence-electron chi connectivity index (χ3n) is 11.5. The van der Waals surface area contributed by atoms with Gasteiger partial charge in [0.25, 0.3) is 0 Å². The summed E-state index contributed by atoms with van der Waals surface area (Å²) in [5.41, 5.74) is -4.75. The van der Waals surface area contributed by atoms with Crippen LogP contribution in [0.15, 0.2) is 70.2 Å². The molecule has 2 aliphatic rings. The number of hydrogen-bond acceptors (Lipinski definition) is 13. The van der Waals surface area contributed by atoms with E-state index in [1.165, 1.54) is 0 Å². The fourth-order valence-corrected chi connectivity index (χ4v) is 8.89. The fourth-order valence-electron chi connectivity index (χ4n) is 8.35. The number of rotatable bonds is 19. The van der Waals surface area contributed by atoms with Gasteiger partial charge < -0.3 is 41.3 Å². The van der Waals surface area contributed by atoms with Crippen LogP contribution in [0.1, 0.15) is 79.5 Å². The summed E-state index contributed by atoms with van der Waals surface area (Å²) in [6.45, 7) is -3.14. The number of esters is 3. The molecule has 2 heterocycles. The van der Waals surface area contributed by atoms with E-state index < -0.39 is 175 Å². The van der Waals surface area contributed by atoms with Gasteiger partial charge in [-0.1, -0.05) is 23.2 Å². The Morgan fingerprint density at radius 2 is 1.27 bits per heavy atom. The molecule has 0 radical (unpaired) electrons. The predicted molar refractivity (Wildman–Crippen MR) is 228 cm³/mol. The van der Waals surface area contributed by atoms with E-state index in [2.05, 4.69) is 10.1 Å². The smallest absolute Gasteiger partial charge is 0.418 e. The number of unbranched alkanes of at least 4 members (excludes halogenated alkanes) is 2. The van der Waals surface area contributed by atoms with Gasteiger partial charge in [-0.15, -0.1) is 0 Å². The van der Waals surface area contributed by atoms with Crippen molar-refractivity contribution in [2.45, 2.75) is 75.7 Å². The van der Waals surface area contributed by atoms with Crippen molar-refractivity contribution in [3.63, 3.8) is 0 Å². The van der Waals surface area contributed by atoms with Crippen LogP contribution in [0.5, 0.6) is 0 Å². The number of methoxy groups -OCH3 is 1. The number of carbonyl (C=O) groups is 6. The summed E-state index contributed by atoms with van der Waals surface area (Å²) < 4.78 is 159. The van der Waals surface area contributed by atoms with Crippen molar-refractivity contribution in [1.29, 1.82) is 0 Å². The van der Waals surface area contributed by atoms with Crippen LogP contribution in [0.25, 0.3) is 0 Å². The molecular weight excluding hydrogens is 1020 g/mol. The molecule has 0 amide bonds. The largest absolute Gasteiger partial charge is 0.481 e. The van der Waals surface area contributed by atoms with Crippen molar-refractivity contribution in [3.8, 4) is 0 Å². The number of halogens is 12. The average molecular weight is 1060 g/mol. The minimum atomic E-state index is -5.57. The van der Waals surface area contributed by atoms with Gasteiger partial charge in [-0.2, -0.15) is 26.3 Å². The molecule has 15 nitrogen and oxygen atoms in total. The molecule has 7 N–H and O–H groups in total. The van der Waals surface area contributed by atoms with Gasteiger partial charge in [0.15, 0.2) is 0 Å². The van der Waals surface area contributed by atoms with E-state index in [-0.39, 0.29) is 56.0 Å². The molecule has 27 heteroatoms. The highest BCUT2D eigenvalue weighted by Gasteiger charge is 2.61. The number of dihydropyridines is 1. The highest BCUT2D eigenvalue weighted by molar-refractivity contribution is 6.32. The SMILES string of the molecule is COC(=O)C1=C(CF)NC(CCCCN)=C(C(=O)OC(=O)/C=C\C(=O)ON2C(CCCCN)=C(C(=O)O)C(c3c(F)ccc(Cl)c3C(F)(F)F)C(C)(C(=O)O)C2CF)C1c1c(F)ccc(Cl)c1C(F)(F)F. The van der Waals surface area contributed by atoms with Gasteiger partial charge in [0.2, 0.25) is 0 Å². The Kier molecular flexibility index (Phi) is 18.9. The third kappa shape index (κ3) is 12.0. The molecule has 0 spiro atoms. The number of benzene rings is 2. The Bertz CT molecular complexity index is 2590. The minimum Gasteiger partial charge on any atom is -0.481 e. The van der Waals surface area contributed by atoms with Gasteiger partial charge in [-0.05, 0) is 82.8 Å². The van der Waals surface area contributed by atoms with Crippen molar-refractivity contribution in [2.75, 3.05) is 33.5 Å². The van der Waals surface area contributed by atoms with Gasteiger partial charge >= 0.3 is 48.2 Å². The number of hydroxylamine groups is 2. The van der Waals surface area contributed by atoms with Crippen molar-refractivity contribution in [2.24, 2.45) is 16.9 Å². The molecule has 4 rings (SSSR count). The molecule has 4 atom stereocenters. The first kappa shape index (κ1) is 57.4. The topological polar surface area (TPSA) is 238 Å². The number of carbonyl (C=O) groups excluding carboxylic acids is 4. The second kappa shape index (κ2) is 23.4. The van der Waals surface area contributed by atoms with Gasteiger partial charge in [0.1, 0.15) is 36.4 Å². The van der Waals surface area contributed by atoms with Crippen molar-refractivity contribution >= 4 is 59.0 Å². The standard InChI is InChI=1S/C44H42Cl2F10N4O11/c1-42(41(67)68)26(18-48)60(25(8-4-6-16-58)33(38(63)64)37(42)30-22(50)12-10-20(46)36(30)44(54,55)56)71-28(62)14-13-27(61)70-40(66)31-23(7-3-5-15-57)59-24(17-47)32(39(65)69-2)34(31)29-21(49)11-9-19(45)35(29)43(51,52)53/h9-14,26,34,37,59H,3-8,15-18,57-58H2,1-2H3,(H,63,64)(H,67,68)/b14-13-. The van der Waals surface area contributed by atoms with Crippen molar-refractivity contribution in [1.82, 2.24) is 10.4 Å². The number of nitrogens with two attached hydrogens (primary N) is 2. The number of allylic oxidation sites excluding steroid dienone is 3. The lowest BCUT2D eigenvalue weighted by molar-refractivity contribution is -0.210. The van der Waals surface area contributed by atoms with Crippen molar-refractivity contribution in [3.05, 3.63) is 114 Å². The van der Waals surface area contributed by atoms with Crippen LogP contribution < -0.4 is 16.8 Å². The highest BCUT2D eigenvalue weighted by atomic mass is 35.5. The lowest BCUT2D eigenvalue weighted by Gasteiger charge is -2.49. The molecule has 2 aliphatic heterocycles. The first-order chi connectivity index (χ1) is 33.2. The van der Waals surface area contributed by atoms with Crippen LogP contribution in [0, 0.1) is 17.0 Å². The lowest BCUT2D eigenvalue weighted by atomic mass is 9.61. The molecule has 0 saturated heterocycles. The maximum atomic E-state index is 15.8. The van der Waals surface area contributed by atoms with Gasteiger partial charge in [0, 0.05) is 34.9 Å². The first-order valence-corrected chi connectivity index (χ1v) is 21.5. The zero-order chi connectivity index (χ0) is 53.5. The molecule has 2 aromatic rings. The van der Waals surface area contributed by atoms with Crippen LogP contribution in [0.3, 0.4) is 0 Å². The number of ether oxygens (including phenoxy) is 2. The van der Waals surface area contributed by atoms with E-state index in [1.54, 1.807) is 0 Å². The second-order valence-corrected chi connectivity index (χ2v) is 16.5. The normalized spacial score (nSPS) is 19.8. The molecule has 4 unspecified atom stereocenters. The Balaban J connectivity index is 1.88. The zero-order valence-corrected chi connectivity index (χ0v) is 38.5. The number of aliphatic carboxylic acids is 2. The van der Waals surface area contributed by atoms with Crippen LogP contribution in [0.4, 0.5) is 43.9 Å². The quantitative estimate of drug-likeness (QED) is 0.0296. The predicted octanol–water partition coefficient (Wildman–Crippen LogP) is 7.86. The number of carboxylic acids is 2. The van der Waals surface area contributed by atoms with Gasteiger partial charge in [-0.25, -0.2) is 46.6 Å². The summed E-state index contributed by atoms with van der Waals surface area (Å²) >= 11 is 11.7. The molecule has 0 aliphatic carbocycles. The Morgan fingerprint density at radius 1 is 0.761 bits per heavy atom. The van der Waals surface area contributed by atoms with Crippen LogP contribution >= 0.6 is 23.2 Å². The Labute approximate surface area is 406 Å². The minimum absolute atomic E-state index is 0.00111. The summed E-state index contributed by atoms with van der Waals surface area (Å²) in [7, 11) is 0.720. The summed E-state index contributed by atoms with van der Waals surface area (Å²) in [4.78, 5) is 85.5. The molecule has 0 bridgehead atoms. The molecule has 0 fully saturated rings.